The molecular weight excluding hydrogens is 332 g/mol. The molecule has 0 radical (unpaired) electrons. The fourth-order valence-electron chi connectivity index (χ4n) is 2.84. The number of H-pyrrole nitrogens is 1. The van der Waals surface area contributed by atoms with Crippen LogP contribution in [0.4, 0.5) is 0 Å². The van der Waals surface area contributed by atoms with Gasteiger partial charge in [0.25, 0.3) is 5.56 Å². The lowest BCUT2D eigenvalue weighted by Crippen LogP contribution is -2.45. The molecule has 1 aromatic heterocycles. The molecule has 0 aliphatic rings. The fourth-order valence-corrected chi connectivity index (χ4v) is 2.84. The van der Waals surface area contributed by atoms with E-state index >= 15 is 0 Å². The van der Waals surface area contributed by atoms with Gasteiger partial charge in [0, 0.05) is 24.2 Å². The van der Waals surface area contributed by atoms with E-state index < -0.39 is 11.4 Å². The average molecular weight is 358 g/mol. The Bertz CT molecular complexity index is 867. The number of aromatic amines is 1. The maximum atomic E-state index is 12.8. The van der Waals surface area contributed by atoms with Gasteiger partial charge in [-0.1, -0.05) is 32.0 Å². The molecule has 2 aromatic rings. The first-order valence-electron chi connectivity index (χ1n) is 8.72. The smallest absolute Gasteiger partial charge is 0.310 e. The van der Waals surface area contributed by atoms with Crippen molar-refractivity contribution in [2.75, 3.05) is 13.1 Å². The number of fused-ring (bicyclic) bond motifs is 1. The van der Waals surface area contributed by atoms with Gasteiger partial charge in [-0.3, -0.25) is 14.4 Å². The van der Waals surface area contributed by atoms with E-state index in [-0.39, 0.29) is 30.3 Å². The first-order valence-corrected chi connectivity index (χ1v) is 8.72. The Kier molecular flexibility index (Phi) is 5.85. The number of carboxylic acids is 1. The Balaban J connectivity index is 2.27. The van der Waals surface area contributed by atoms with Gasteiger partial charge in [-0.25, -0.2) is 0 Å². The van der Waals surface area contributed by atoms with E-state index in [0.29, 0.717) is 12.1 Å². The molecule has 140 valence electrons. The molecule has 2 N–H and O–H groups in total. The van der Waals surface area contributed by atoms with Crippen LogP contribution in [0.3, 0.4) is 0 Å². The number of carboxylic acid groups (broad SMARTS) is 1. The fraction of sp³-hybridized carbons (Fsp3) is 0.450. The van der Waals surface area contributed by atoms with Crippen molar-refractivity contribution < 1.29 is 14.7 Å². The molecular formula is C20H26N2O4. The van der Waals surface area contributed by atoms with Crippen molar-refractivity contribution in [3.8, 4) is 0 Å². The number of carbonyl (C=O) groups is 2. The van der Waals surface area contributed by atoms with E-state index in [0.717, 1.165) is 10.9 Å². The quantitative estimate of drug-likeness (QED) is 0.796. The Morgan fingerprint density at radius 3 is 2.50 bits per heavy atom. The molecule has 0 fully saturated rings. The molecule has 6 heteroatoms. The minimum atomic E-state index is -1.06. The third kappa shape index (κ3) is 4.71. The molecule has 0 aliphatic heterocycles. The number of benzene rings is 1. The van der Waals surface area contributed by atoms with Crippen molar-refractivity contribution in [3.05, 3.63) is 46.2 Å². The molecule has 6 nitrogen and oxygen atoms in total. The molecule has 0 saturated carbocycles. The lowest BCUT2D eigenvalue weighted by atomic mass is 9.92. The van der Waals surface area contributed by atoms with Crippen LogP contribution in [0, 0.1) is 11.3 Å². The van der Waals surface area contributed by atoms with Gasteiger partial charge in [-0.15, -0.1) is 0 Å². The Hall–Kier alpha value is -2.63. The molecule has 0 aliphatic carbocycles. The number of pyridine rings is 1. The summed E-state index contributed by atoms with van der Waals surface area (Å²) < 4.78 is 0. The van der Waals surface area contributed by atoms with Crippen LogP contribution in [0.15, 0.2) is 35.1 Å². The number of carbonyl (C=O) groups excluding carboxylic acids is 1. The molecule has 1 amide bonds. The molecule has 1 heterocycles. The summed E-state index contributed by atoms with van der Waals surface area (Å²) in [6.45, 7) is 7.68. The molecule has 0 unspecified atom stereocenters. The van der Waals surface area contributed by atoms with Gasteiger partial charge >= 0.3 is 5.97 Å². The molecule has 2 rings (SSSR count). The first kappa shape index (κ1) is 19.7. The highest BCUT2D eigenvalue weighted by Crippen LogP contribution is 2.19. The number of para-hydroxylation sites is 1. The number of hydrogen-bond acceptors (Lipinski definition) is 3. The van der Waals surface area contributed by atoms with Gasteiger partial charge in [0.2, 0.25) is 5.91 Å². The highest BCUT2D eigenvalue weighted by molar-refractivity contribution is 5.83. The number of nitrogens with one attached hydrogen (secondary N) is 1. The van der Waals surface area contributed by atoms with E-state index in [4.69, 9.17) is 0 Å². The highest BCUT2D eigenvalue weighted by Gasteiger charge is 2.32. The van der Waals surface area contributed by atoms with Crippen LogP contribution in [0.25, 0.3) is 10.9 Å². The van der Waals surface area contributed by atoms with Crippen molar-refractivity contribution in [2.45, 2.75) is 34.1 Å². The lowest BCUT2D eigenvalue weighted by molar-refractivity contribution is -0.149. The maximum Gasteiger partial charge on any atom is 0.310 e. The lowest BCUT2D eigenvalue weighted by Gasteiger charge is -2.31. The molecule has 1 aromatic carbocycles. The first-order chi connectivity index (χ1) is 12.1. The predicted octanol–water partition coefficient (Wildman–Crippen LogP) is 2.67. The molecule has 0 saturated heterocycles. The summed E-state index contributed by atoms with van der Waals surface area (Å²) in [4.78, 5) is 40.9. The van der Waals surface area contributed by atoms with Gasteiger partial charge in [0.15, 0.2) is 0 Å². The van der Waals surface area contributed by atoms with E-state index in [1.54, 1.807) is 24.8 Å². The summed E-state index contributed by atoms with van der Waals surface area (Å²) >= 11 is 0. The second-order valence-electron chi connectivity index (χ2n) is 7.74. The van der Waals surface area contributed by atoms with Gasteiger partial charge in [-0.2, -0.15) is 0 Å². The Morgan fingerprint density at radius 1 is 1.23 bits per heavy atom. The monoisotopic (exact) mass is 358 g/mol. The van der Waals surface area contributed by atoms with Crippen molar-refractivity contribution >= 4 is 22.8 Å². The number of nitrogens with zero attached hydrogens (tertiary/aromatic N) is 1. The SMILES string of the molecule is CC(C)CN(CC(C)(C)C(=O)O)C(=O)Cc1cc2ccccc2[nH]c1=O. The third-order valence-electron chi connectivity index (χ3n) is 4.28. The number of rotatable bonds is 7. The van der Waals surface area contributed by atoms with E-state index in [1.807, 2.05) is 38.1 Å². The summed E-state index contributed by atoms with van der Waals surface area (Å²) in [6.07, 6.45) is -0.0530. The van der Waals surface area contributed by atoms with E-state index in [1.165, 1.54) is 0 Å². The van der Waals surface area contributed by atoms with Crippen LogP contribution in [0.5, 0.6) is 0 Å². The molecule has 0 bridgehead atoms. The Morgan fingerprint density at radius 2 is 1.88 bits per heavy atom. The largest absolute Gasteiger partial charge is 0.481 e. The number of amides is 1. The van der Waals surface area contributed by atoms with E-state index in [9.17, 15) is 19.5 Å². The summed E-state index contributed by atoms with van der Waals surface area (Å²) in [6, 6.07) is 9.11. The maximum absolute atomic E-state index is 12.8. The summed E-state index contributed by atoms with van der Waals surface area (Å²) in [5, 5.41) is 10.2. The minimum absolute atomic E-state index is 0.0530. The summed E-state index contributed by atoms with van der Waals surface area (Å²) in [5.74, 6) is -1.00. The molecule has 26 heavy (non-hydrogen) atoms. The molecule has 0 spiro atoms. The standard InChI is InChI=1S/C20H26N2O4/c1-13(2)11-22(12-20(3,4)19(25)26)17(23)10-15-9-14-7-5-6-8-16(14)21-18(15)24/h5-9,13H,10-12H2,1-4H3,(H,21,24)(H,25,26). The number of aromatic nitrogens is 1. The van der Waals surface area contributed by atoms with Crippen LogP contribution in [-0.4, -0.2) is 40.0 Å². The summed E-state index contributed by atoms with van der Waals surface area (Å²) in [5.41, 5.74) is -0.241. The zero-order valence-electron chi connectivity index (χ0n) is 15.7. The zero-order valence-corrected chi connectivity index (χ0v) is 15.7. The van der Waals surface area contributed by atoms with Crippen LogP contribution >= 0.6 is 0 Å². The minimum Gasteiger partial charge on any atom is -0.481 e. The van der Waals surface area contributed by atoms with Crippen LogP contribution in [0.1, 0.15) is 33.3 Å². The van der Waals surface area contributed by atoms with Crippen LogP contribution in [-0.2, 0) is 16.0 Å². The normalized spacial score (nSPS) is 11.7. The van der Waals surface area contributed by atoms with Crippen molar-refractivity contribution in [1.29, 1.82) is 0 Å². The molecule has 0 atom stereocenters. The Labute approximate surface area is 152 Å². The third-order valence-corrected chi connectivity index (χ3v) is 4.28. The topological polar surface area (TPSA) is 90.5 Å². The average Bonchev–Trinajstić information content (AvgIpc) is 2.54. The van der Waals surface area contributed by atoms with Gasteiger partial charge in [0.1, 0.15) is 0 Å². The van der Waals surface area contributed by atoms with Gasteiger partial charge in [0.05, 0.1) is 11.8 Å². The second kappa shape index (κ2) is 7.72. The van der Waals surface area contributed by atoms with Crippen molar-refractivity contribution in [2.24, 2.45) is 11.3 Å². The van der Waals surface area contributed by atoms with Gasteiger partial charge < -0.3 is 15.0 Å². The number of hydrogen-bond donors (Lipinski definition) is 2. The zero-order chi connectivity index (χ0) is 19.5. The van der Waals surface area contributed by atoms with E-state index in [2.05, 4.69) is 4.98 Å². The van der Waals surface area contributed by atoms with Crippen LogP contribution < -0.4 is 5.56 Å². The predicted molar refractivity (Wildman–Crippen MR) is 101 cm³/mol. The van der Waals surface area contributed by atoms with Crippen molar-refractivity contribution in [3.63, 3.8) is 0 Å². The van der Waals surface area contributed by atoms with Crippen LogP contribution in [0.2, 0.25) is 0 Å². The highest BCUT2D eigenvalue weighted by atomic mass is 16.4. The number of aliphatic carboxylic acids is 1. The van der Waals surface area contributed by atoms with Gasteiger partial charge in [-0.05, 0) is 37.3 Å². The van der Waals surface area contributed by atoms with Crippen molar-refractivity contribution in [1.82, 2.24) is 9.88 Å². The summed E-state index contributed by atoms with van der Waals surface area (Å²) in [7, 11) is 0. The second-order valence-corrected chi connectivity index (χ2v) is 7.74.